The van der Waals surface area contributed by atoms with Crippen molar-refractivity contribution in [1.82, 2.24) is 9.97 Å². The number of nitrogens with one attached hydrogen (secondary N) is 1. The van der Waals surface area contributed by atoms with Crippen molar-refractivity contribution in [3.8, 4) is 11.4 Å². The highest BCUT2D eigenvalue weighted by Crippen LogP contribution is 2.28. The number of nitrogens with zero attached hydrogens (tertiary/aromatic N) is 2. The highest BCUT2D eigenvalue weighted by atomic mass is 79.9. The lowest BCUT2D eigenvalue weighted by molar-refractivity contribution is 0.568. The summed E-state index contributed by atoms with van der Waals surface area (Å²) in [5.41, 5.74) is 3.24. The molecule has 0 radical (unpaired) electrons. The lowest BCUT2D eigenvalue weighted by atomic mass is 9.91. The van der Waals surface area contributed by atoms with Gasteiger partial charge in [-0.1, -0.05) is 48.8 Å². The lowest BCUT2D eigenvalue weighted by Crippen LogP contribution is -2.15. The first-order valence-corrected chi connectivity index (χ1v) is 7.44. The molecule has 0 bridgehead atoms. The summed E-state index contributed by atoms with van der Waals surface area (Å²) in [5.74, 6) is 1.60. The predicted octanol–water partition coefficient (Wildman–Crippen LogP) is 4.55. The molecule has 0 saturated carbocycles. The summed E-state index contributed by atoms with van der Waals surface area (Å²) in [6.45, 7) is 8.54. The van der Waals surface area contributed by atoms with Gasteiger partial charge in [0.1, 0.15) is 5.82 Å². The Morgan fingerprint density at radius 2 is 1.80 bits per heavy atom. The molecule has 0 aliphatic heterocycles. The Bertz CT molecular complexity index is 630. The third-order valence-corrected chi connectivity index (χ3v) is 4.04. The molecule has 20 heavy (non-hydrogen) atoms. The largest absolute Gasteiger partial charge is 0.373 e. The summed E-state index contributed by atoms with van der Waals surface area (Å²) >= 11 is 3.57. The SMILES string of the molecule is CNc1cc(C(C)(C)C)nc(-c2ccc(C)c(Br)c2)n1. The van der Waals surface area contributed by atoms with Crippen LogP contribution in [-0.4, -0.2) is 17.0 Å². The molecule has 1 N–H and O–H groups in total. The van der Waals surface area contributed by atoms with Gasteiger partial charge in [0.05, 0.1) is 5.69 Å². The zero-order valence-electron chi connectivity index (χ0n) is 12.6. The van der Waals surface area contributed by atoms with E-state index in [4.69, 9.17) is 4.98 Å². The molecule has 2 aromatic rings. The van der Waals surface area contributed by atoms with E-state index in [-0.39, 0.29) is 5.41 Å². The van der Waals surface area contributed by atoms with Crippen molar-refractivity contribution in [2.75, 3.05) is 12.4 Å². The summed E-state index contributed by atoms with van der Waals surface area (Å²) in [7, 11) is 1.88. The van der Waals surface area contributed by atoms with E-state index in [1.165, 1.54) is 5.56 Å². The fourth-order valence-electron chi connectivity index (χ4n) is 1.82. The normalized spacial score (nSPS) is 11.5. The maximum absolute atomic E-state index is 4.72. The molecule has 1 aromatic heterocycles. The van der Waals surface area contributed by atoms with Crippen LogP contribution in [0.3, 0.4) is 0 Å². The summed E-state index contributed by atoms with van der Waals surface area (Å²) in [4.78, 5) is 9.29. The number of hydrogen-bond acceptors (Lipinski definition) is 3. The van der Waals surface area contributed by atoms with E-state index >= 15 is 0 Å². The van der Waals surface area contributed by atoms with Gasteiger partial charge in [-0.2, -0.15) is 0 Å². The molecule has 0 fully saturated rings. The fourth-order valence-corrected chi connectivity index (χ4v) is 2.20. The molecule has 0 unspecified atom stereocenters. The summed E-state index contributed by atoms with van der Waals surface area (Å²) in [6, 6.07) is 8.20. The molecule has 0 spiro atoms. The Labute approximate surface area is 129 Å². The van der Waals surface area contributed by atoms with Crippen LogP contribution in [0, 0.1) is 6.92 Å². The average Bonchev–Trinajstić information content (AvgIpc) is 2.40. The van der Waals surface area contributed by atoms with E-state index in [1.54, 1.807) is 0 Å². The second-order valence-corrected chi connectivity index (χ2v) is 6.78. The Morgan fingerprint density at radius 1 is 1.10 bits per heavy atom. The van der Waals surface area contributed by atoms with Crippen molar-refractivity contribution in [3.05, 3.63) is 40.0 Å². The number of halogens is 1. The monoisotopic (exact) mass is 333 g/mol. The number of aryl methyl sites for hydroxylation is 1. The minimum absolute atomic E-state index is 0.00871. The molecule has 106 valence electrons. The highest BCUT2D eigenvalue weighted by Gasteiger charge is 2.18. The van der Waals surface area contributed by atoms with Crippen LogP contribution in [0.25, 0.3) is 11.4 Å². The van der Waals surface area contributed by atoms with Crippen molar-refractivity contribution in [3.63, 3.8) is 0 Å². The highest BCUT2D eigenvalue weighted by molar-refractivity contribution is 9.10. The van der Waals surface area contributed by atoms with Crippen LogP contribution >= 0.6 is 15.9 Å². The van der Waals surface area contributed by atoms with Crippen molar-refractivity contribution in [2.45, 2.75) is 33.1 Å². The first-order chi connectivity index (χ1) is 9.31. The third kappa shape index (κ3) is 3.18. The van der Waals surface area contributed by atoms with Gasteiger partial charge in [0.15, 0.2) is 5.82 Å². The Morgan fingerprint density at radius 3 is 2.35 bits per heavy atom. The van der Waals surface area contributed by atoms with E-state index in [1.807, 2.05) is 13.1 Å². The van der Waals surface area contributed by atoms with Crippen molar-refractivity contribution in [2.24, 2.45) is 0 Å². The molecular formula is C16H20BrN3. The summed E-state index contributed by atoms with van der Waals surface area (Å²) < 4.78 is 1.07. The number of benzene rings is 1. The number of hydrogen-bond donors (Lipinski definition) is 1. The minimum atomic E-state index is -0.00871. The molecule has 0 aliphatic carbocycles. The van der Waals surface area contributed by atoms with E-state index in [0.717, 1.165) is 27.4 Å². The van der Waals surface area contributed by atoms with Crippen molar-refractivity contribution in [1.29, 1.82) is 0 Å². The average molecular weight is 334 g/mol. The predicted molar refractivity (Wildman–Crippen MR) is 88.2 cm³/mol. The van der Waals surface area contributed by atoms with Gasteiger partial charge < -0.3 is 5.32 Å². The molecule has 0 aliphatic rings. The molecule has 1 heterocycles. The number of rotatable bonds is 2. The van der Waals surface area contributed by atoms with Gasteiger partial charge in [0.25, 0.3) is 0 Å². The zero-order valence-corrected chi connectivity index (χ0v) is 14.2. The van der Waals surface area contributed by atoms with Crippen LogP contribution < -0.4 is 5.32 Å². The quantitative estimate of drug-likeness (QED) is 0.875. The Balaban J connectivity index is 2.58. The van der Waals surface area contributed by atoms with Crippen molar-refractivity contribution < 1.29 is 0 Å². The smallest absolute Gasteiger partial charge is 0.161 e. The van der Waals surface area contributed by atoms with Crippen LogP contribution in [-0.2, 0) is 5.41 Å². The number of aromatic nitrogens is 2. The minimum Gasteiger partial charge on any atom is -0.373 e. The molecule has 3 nitrogen and oxygen atoms in total. The van der Waals surface area contributed by atoms with Crippen LogP contribution in [0.15, 0.2) is 28.7 Å². The molecule has 0 amide bonds. The van der Waals surface area contributed by atoms with Crippen LogP contribution in [0.1, 0.15) is 32.0 Å². The van der Waals surface area contributed by atoms with Gasteiger partial charge in [-0.05, 0) is 18.6 Å². The van der Waals surface area contributed by atoms with Gasteiger partial charge in [0, 0.05) is 28.6 Å². The van der Waals surface area contributed by atoms with Gasteiger partial charge in [-0.3, -0.25) is 0 Å². The van der Waals surface area contributed by atoms with E-state index in [9.17, 15) is 0 Å². The van der Waals surface area contributed by atoms with Crippen LogP contribution in [0.5, 0.6) is 0 Å². The van der Waals surface area contributed by atoms with E-state index in [2.05, 4.69) is 72.1 Å². The second kappa shape index (κ2) is 5.52. The zero-order chi connectivity index (χ0) is 14.9. The molecule has 0 atom stereocenters. The first-order valence-electron chi connectivity index (χ1n) is 6.65. The molecule has 1 aromatic carbocycles. The van der Waals surface area contributed by atoms with Gasteiger partial charge >= 0.3 is 0 Å². The second-order valence-electron chi connectivity index (χ2n) is 5.93. The topological polar surface area (TPSA) is 37.8 Å². The van der Waals surface area contributed by atoms with Gasteiger partial charge in [-0.25, -0.2) is 9.97 Å². The van der Waals surface area contributed by atoms with Crippen LogP contribution in [0.4, 0.5) is 5.82 Å². The number of anilines is 1. The first kappa shape index (κ1) is 15.0. The summed E-state index contributed by atoms with van der Waals surface area (Å²) in [6.07, 6.45) is 0. The molecule has 2 rings (SSSR count). The Hall–Kier alpha value is -1.42. The van der Waals surface area contributed by atoms with Gasteiger partial charge in [0.2, 0.25) is 0 Å². The van der Waals surface area contributed by atoms with E-state index < -0.39 is 0 Å². The summed E-state index contributed by atoms with van der Waals surface area (Å²) in [5, 5.41) is 3.11. The molecule has 0 saturated heterocycles. The maximum atomic E-state index is 4.72. The molecule has 4 heteroatoms. The Kier molecular flexibility index (Phi) is 4.14. The van der Waals surface area contributed by atoms with E-state index in [0.29, 0.717) is 0 Å². The van der Waals surface area contributed by atoms with Gasteiger partial charge in [-0.15, -0.1) is 0 Å². The maximum Gasteiger partial charge on any atom is 0.161 e. The van der Waals surface area contributed by atoms with Crippen molar-refractivity contribution >= 4 is 21.7 Å². The lowest BCUT2D eigenvalue weighted by Gasteiger charge is -2.19. The molecular weight excluding hydrogens is 314 g/mol. The third-order valence-electron chi connectivity index (χ3n) is 3.18. The fraction of sp³-hybridized carbons (Fsp3) is 0.375. The standard InChI is InChI=1S/C16H20BrN3/c1-10-6-7-11(8-12(10)17)15-19-13(16(2,3)4)9-14(18-5)20-15/h6-9H,1-5H3,(H,18,19,20). The van der Waals surface area contributed by atoms with Crippen LogP contribution in [0.2, 0.25) is 0 Å².